The van der Waals surface area contributed by atoms with Crippen LogP contribution in [0.4, 0.5) is 0 Å². The second kappa shape index (κ2) is 5.36. The van der Waals surface area contributed by atoms with E-state index < -0.39 is 0 Å². The summed E-state index contributed by atoms with van der Waals surface area (Å²) in [4.78, 5) is 5.49. The molecule has 0 bridgehead atoms. The van der Waals surface area contributed by atoms with Gasteiger partial charge in [-0.2, -0.15) is 10.2 Å². The van der Waals surface area contributed by atoms with Gasteiger partial charge in [0.25, 0.3) is 0 Å². The summed E-state index contributed by atoms with van der Waals surface area (Å²) in [7, 11) is 0. The van der Waals surface area contributed by atoms with Gasteiger partial charge in [0.15, 0.2) is 5.82 Å². The molecule has 1 aliphatic rings. The van der Waals surface area contributed by atoms with Crippen molar-refractivity contribution in [3.8, 4) is 6.07 Å². The van der Waals surface area contributed by atoms with Crippen LogP contribution in [0.3, 0.4) is 0 Å². The first-order chi connectivity index (χ1) is 10.0. The molecule has 0 radical (unpaired) electrons. The van der Waals surface area contributed by atoms with E-state index in [1.807, 2.05) is 24.3 Å². The van der Waals surface area contributed by atoms with Crippen molar-refractivity contribution in [1.29, 1.82) is 5.26 Å². The third-order valence-corrected chi connectivity index (χ3v) is 5.11. The predicted molar refractivity (Wildman–Crippen MR) is 80.9 cm³/mol. The number of hydrogen-bond donors (Lipinski definition) is 0. The highest BCUT2D eigenvalue weighted by atomic mass is 35.5. The quantitative estimate of drug-likeness (QED) is 0.787. The van der Waals surface area contributed by atoms with Gasteiger partial charge < -0.3 is 4.52 Å². The Bertz CT molecular complexity index is 707. The maximum absolute atomic E-state index is 9.10. The molecule has 0 aliphatic heterocycles. The number of nitriles is 1. The zero-order chi connectivity index (χ0) is 15.0. The molecule has 0 saturated heterocycles. The van der Waals surface area contributed by atoms with Gasteiger partial charge in [0.1, 0.15) is 0 Å². The minimum absolute atomic E-state index is 0.0358. The SMILES string of the molecule is CC1(C)C(C#N)C1c1nc(CSc2cccc(Cl)c2)no1. The first-order valence-corrected chi connectivity index (χ1v) is 7.99. The van der Waals surface area contributed by atoms with E-state index in [0.29, 0.717) is 22.5 Å². The molecular weight excluding hydrogens is 306 g/mol. The third-order valence-electron chi connectivity index (χ3n) is 3.88. The topological polar surface area (TPSA) is 62.7 Å². The standard InChI is InChI=1S/C15H14ClN3OS/c1-15(2)11(7-17)13(15)14-18-12(19-20-14)8-21-10-5-3-4-9(16)6-10/h3-6,11,13H,8H2,1-2H3. The molecule has 4 nitrogen and oxygen atoms in total. The monoisotopic (exact) mass is 319 g/mol. The lowest BCUT2D eigenvalue weighted by atomic mass is 10.1. The summed E-state index contributed by atoms with van der Waals surface area (Å²) in [6.45, 7) is 4.10. The van der Waals surface area contributed by atoms with Gasteiger partial charge in [-0.05, 0) is 23.6 Å². The average molecular weight is 320 g/mol. The highest BCUT2D eigenvalue weighted by Crippen LogP contribution is 2.63. The van der Waals surface area contributed by atoms with Gasteiger partial charge in [0, 0.05) is 9.92 Å². The van der Waals surface area contributed by atoms with Crippen LogP contribution in [-0.4, -0.2) is 10.1 Å². The fourth-order valence-electron chi connectivity index (χ4n) is 2.50. The summed E-state index contributed by atoms with van der Waals surface area (Å²) in [6.07, 6.45) is 0. The largest absolute Gasteiger partial charge is 0.339 e. The minimum atomic E-state index is -0.0708. The van der Waals surface area contributed by atoms with Crippen molar-refractivity contribution in [2.24, 2.45) is 11.3 Å². The molecule has 2 atom stereocenters. The van der Waals surface area contributed by atoms with Crippen molar-refractivity contribution in [3.05, 3.63) is 41.0 Å². The van der Waals surface area contributed by atoms with Gasteiger partial charge in [-0.15, -0.1) is 11.8 Å². The van der Waals surface area contributed by atoms with E-state index in [1.165, 1.54) is 0 Å². The maximum atomic E-state index is 9.10. The average Bonchev–Trinajstić information content (AvgIpc) is 2.81. The summed E-state index contributed by atoms with van der Waals surface area (Å²) in [5, 5.41) is 13.8. The summed E-state index contributed by atoms with van der Waals surface area (Å²) in [5.41, 5.74) is -0.0708. The Morgan fingerprint density at radius 1 is 1.48 bits per heavy atom. The van der Waals surface area contributed by atoms with Crippen molar-refractivity contribution in [1.82, 2.24) is 10.1 Å². The highest BCUT2D eigenvalue weighted by Gasteiger charge is 2.62. The highest BCUT2D eigenvalue weighted by molar-refractivity contribution is 7.98. The van der Waals surface area contributed by atoms with Crippen LogP contribution in [-0.2, 0) is 5.75 Å². The number of thioether (sulfide) groups is 1. The minimum Gasteiger partial charge on any atom is -0.339 e. The summed E-state index contributed by atoms with van der Waals surface area (Å²) in [5.74, 6) is 1.86. The van der Waals surface area contributed by atoms with Crippen molar-refractivity contribution < 1.29 is 4.52 Å². The molecule has 1 fully saturated rings. The van der Waals surface area contributed by atoms with Gasteiger partial charge in [-0.3, -0.25) is 0 Å². The molecule has 1 aromatic heterocycles. The van der Waals surface area contributed by atoms with Crippen LogP contribution in [0.25, 0.3) is 0 Å². The first-order valence-electron chi connectivity index (χ1n) is 6.63. The lowest BCUT2D eigenvalue weighted by Crippen LogP contribution is -1.91. The van der Waals surface area contributed by atoms with Crippen LogP contribution in [0.2, 0.25) is 5.02 Å². The zero-order valence-corrected chi connectivity index (χ0v) is 13.3. The molecule has 2 unspecified atom stereocenters. The van der Waals surface area contributed by atoms with E-state index in [-0.39, 0.29) is 17.3 Å². The van der Waals surface area contributed by atoms with Gasteiger partial charge >= 0.3 is 0 Å². The first kappa shape index (κ1) is 14.4. The Hall–Kier alpha value is -1.51. The Morgan fingerprint density at radius 3 is 2.95 bits per heavy atom. The Labute approximate surface area is 132 Å². The number of hydrogen-bond acceptors (Lipinski definition) is 5. The normalized spacial score (nSPS) is 22.8. The Morgan fingerprint density at radius 2 is 2.29 bits per heavy atom. The van der Waals surface area contributed by atoms with Crippen molar-refractivity contribution in [2.45, 2.75) is 30.4 Å². The lowest BCUT2D eigenvalue weighted by molar-refractivity contribution is 0.364. The molecular formula is C15H14ClN3OS. The smallest absolute Gasteiger partial charge is 0.231 e. The molecule has 1 saturated carbocycles. The molecule has 1 aliphatic carbocycles. The van der Waals surface area contributed by atoms with E-state index in [0.717, 1.165) is 4.90 Å². The van der Waals surface area contributed by atoms with Crippen LogP contribution in [0, 0.1) is 22.7 Å². The fraction of sp³-hybridized carbons (Fsp3) is 0.400. The summed E-state index contributed by atoms with van der Waals surface area (Å²) < 4.78 is 5.32. The molecule has 0 amide bonds. The molecule has 3 rings (SSSR count). The molecule has 108 valence electrons. The van der Waals surface area contributed by atoms with Crippen LogP contribution in [0.5, 0.6) is 0 Å². The van der Waals surface area contributed by atoms with Crippen LogP contribution in [0.1, 0.15) is 31.5 Å². The zero-order valence-electron chi connectivity index (χ0n) is 11.7. The molecule has 2 aromatic rings. The van der Waals surface area contributed by atoms with Crippen molar-refractivity contribution in [2.75, 3.05) is 0 Å². The van der Waals surface area contributed by atoms with Crippen LogP contribution >= 0.6 is 23.4 Å². The lowest BCUT2D eigenvalue weighted by Gasteiger charge is -1.98. The van der Waals surface area contributed by atoms with Gasteiger partial charge in [0.05, 0.1) is 23.7 Å². The van der Waals surface area contributed by atoms with E-state index >= 15 is 0 Å². The Kier molecular flexibility index (Phi) is 3.68. The number of aromatic nitrogens is 2. The fourth-order valence-corrected chi connectivity index (χ4v) is 3.55. The summed E-state index contributed by atoms with van der Waals surface area (Å²) in [6, 6.07) is 9.96. The van der Waals surface area contributed by atoms with E-state index in [1.54, 1.807) is 11.8 Å². The number of halogens is 1. The van der Waals surface area contributed by atoms with Gasteiger partial charge in [-0.1, -0.05) is 36.7 Å². The Balaban J connectivity index is 1.66. The van der Waals surface area contributed by atoms with Crippen LogP contribution in [0.15, 0.2) is 33.7 Å². The number of benzene rings is 1. The molecule has 6 heteroatoms. The number of nitrogens with zero attached hydrogens (tertiary/aromatic N) is 3. The maximum Gasteiger partial charge on any atom is 0.231 e. The molecule has 0 spiro atoms. The second-order valence-corrected chi connectivity index (χ2v) is 7.19. The molecule has 0 N–H and O–H groups in total. The molecule has 21 heavy (non-hydrogen) atoms. The predicted octanol–water partition coefficient (Wildman–Crippen LogP) is 4.28. The van der Waals surface area contributed by atoms with Crippen molar-refractivity contribution in [3.63, 3.8) is 0 Å². The molecule has 1 heterocycles. The van der Waals surface area contributed by atoms with Gasteiger partial charge in [-0.25, -0.2) is 0 Å². The van der Waals surface area contributed by atoms with E-state index in [4.69, 9.17) is 21.4 Å². The molecule has 1 aromatic carbocycles. The van der Waals surface area contributed by atoms with E-state index in [9.17, 15) is 0 Å². The number of rotatable bonds is 4. The third kappa shape index (κ3) is 2.78. The van der Waals surface area contributed by atoms with Crippen LogP contribution < -0.4 is 0 Å². The van der Waals surface area contributed by atoms with Crippen molar-refractivity contribution >= 4 is 23.4 Å². The summed E-state index contributed by atoms with van der Waals surface area (Å²) >= 11 is 7.56. The van der Waals surface area contributed by atoms with Gasteiger partial charge in [0.2, 0.25) is 5.89 Å². The van der Waals surface area contributed by atoms with E-state index in [2.05, 4.69) is 30.1 Å². The second-order valence-electron chi connectivity index (χ2n) is 5.70.